The van der Waals surface area contributed by atoms with Crippen molar-refractivity contribution in [3.63, 3.8) is 0 Å². The van der Waals surface area contributed by atoms with Crippen LogP contribution < -0.4 is 0 Å². The van der Waals surface area contributed by atoms with Crippen molar-refractivity contribution < 1.29 is 0 Å². The molecule has 3 nitrogen and oxygen atoms in total. The van der Waals surface area contributed by atoms with Gasteiger partial charge in [0, 0.05) is 15.1 Å². The summed E-state index contributed by atoms with van der Waals surface area (Å²) in [4.78, 5) is 7.72. The van der Waals surface area contributed by atoms with Crippen molar-refractivity contribution in [2.24, 2.45) is 0 Å². The zero-order valence-electron chi connectivity index (χ0n) is 9.61. The van der Waals surface area contributed by atoms with Crippen molar-refractivity contribution >= 4 is 38.6 Å². The number of hydrogen-bond donors (Lipinski definition) is 1. The van der Waals surface area contributed by atoms with Crippen LogP contribution in [0.5, 0.6) is 0 Å². The van der Waals surface area contributed by atoms with Gasteiger partial charge in [0.2, 0.25) is 0 Å². The van der Waals surface area contributed by atoms with Crippen LogP contribution in [0.3, 0.4) is 0 Å². The van der Waals surface area contributed by atoms with Crippen molar-refractivity contribution in [1.82, 2.24) is 9.97 Å². The van der Waals surface area contributed by atoms with E-state index in [1.165, 1.54) is 0 Å². The molecule has 0 saturated carbocycles. The van der Waals surface area contributed by atoms with Crippen LogP contribution in [-0.2, 0) is 0 Å². The van der Waals surface area contributed by atoms with Crippen molar-refractivity contribution in [1.29, 1.82) is 5.26 Å². The fourth-order valence-electron chi connectivity index (χ4n) is 1.89. The Bertz CT molecular complexity index is 817. The molecule has 1 aromatic heterocycles. The normalized spacial score (nSPS) is 10.6. The molecule has 0 bridgehead atoms. The predicted molar refractivity (Wildman–Crippen MR) is 79.0 cm³/mol. The first kappa shape index (κ1) is 12.2. The Morgan fingerprint density at radius 3 is 2.79 bits per heavy atom. The molecule has 3 aromatic rings. The summed E-state index contributed by atoms with van der Waals surface area (Å²) in [7, 11) is 0. The van der Waals surface area contributed by atoms with Gasteiger partial charge in [-0.2, -0.15) is 5.26 Å². The summed E-state index contributed by atoms with van der Waals surface area (Å²) < 4.78 is 0.875. The molecule has 19 heavy (non-hydrogen) atoms. The number of aromatic amines is 1. The maximum atomic E-state index is 8.89. The number of nitriles is 1. The molecule has 0 spiro atoms. The van der Waals surface area contributed by atoms with E-state index in [1.54, 1.807) is 12.1 Å². The summed E-state index contributed by atoms with van der Waals surface area (Å²) in [5.74, 6) is 0.744. The van der Waals surface area contributed by atoms with Crippen LogP contribution in [0.2, 0.25) is 5.02 Å². The van der Waals surface area contributed by atoms with E-state index in [-0.39, 0.29) is 0 Å². The molecule has 0 aliphatic heterocycles. The second-order valence-corrected chi connectivity index (χ2v) is 5.34. The quantitative estimate of drug-likeness (QED) is 0.712. The lowest BCUT2D eigenvalue weighted by molar-refractivity contribution is 1.33. The van der Waals surface area contributed by atoms with Crippen LogP contribution in [0.15, 0.2) is 40.9 Å². The fraction of sp³-hybridized carbons (Fsp3) is 0. The molecule has 0 fully saturated rings. The van der Waals surface area contributed by atoms with Gasteiger partial charge in [-0.25, -0.2) is 4.98 Å². The Morgan fingerprint density at radius 1 is 1.21 bits per heavy atom. The highest BCUT2D eigenvalue weighted by Crippen LogP contribution is 2.30. The van der Waals surface area contributed by atoms with Gasteiger partial charge < -0.3 is 4.98 Å². The molecule has 0 amide bonds. The Labute approximate surface area is 123 Å². The van der Waals surface area contributed by atoms with E-state index >= 15 is 0 Å². The topological polar surface area (TPSA) is 52.5 Å². The minimum atomic E-state index is 0.609. The standard InChI is InChI=1S/C14H7BrClN3/c15-11-6-9(16)2-3-10(11)14-18-12-4-1-8(7-17)5-13(12)19-14/h1-6H,(H,18,19). The Balaban J connectivity index is 2.18. The second-order valence-electron chi connectivity index (χ2n) is 4.05. The molecule has 2 aromatic carbocycles. The van der Waals surface area contributed by atoms with Crippen LogP contribution in [-0.4, -0.2) is 9.97 Å². The van der Waals surface area contributed by atoms with Gasteiger partial charge in [0.05, 0.1) is 22.7 Å². The average molecular weight is 333 g/mol. The number of H-pyrrole nitrogens is 1. The highest BCUT2D eigenvalue weighted by Gasteiger charge is 2.09. The molecule has 1 heterocycles. The van der Waals surface area contributed by atoms with Crippen molar-refractivity contribution in [2.75, 3.05) is 0 Å². The number of nitrogens with zero attached hydrogens (tertiary/aromatic N) is 2. The summed E-state index contributed by atoms with van der Waals surface area (Å²) in [5, 5.41) is 9.55. The molecule has 0 saturated heterocycles. The number of nitrogens with one attached hydrogen (secondary N) is 1. The maximum absolute atomic E-state index is 8.89. The number of imidazole rings is 1. The van der Waals surface area contributed by atoms with Crippen LogP contribution in [0.4, 0.5) is 0 Å². The van der Waals surface area contributed by atoms with E-state index in [0.717, 1.165) is 26.9 Å². The van der Waals surface area contributed by atoms with Gasteiger partial charge in [0.15, 0.2) is 0 Å². The molecular weight excluding hydrogens is 326 g/mol. The Hall–Kier alpha value is -1.83. The SMILES string of the molecule is N#Cc1ccc2nc(-c3ccc(Cl)cc3Br)[nH]c2c1. The van der Waals surface area contributed by atoms with E-state index < -0.39 is 0 Å². The van der Waals surface area contributed by atoms with Crippen LogP contribution in [0.25, 0.3) is 22.4 Å². The first-order valence-electron chi connectivity index (χ1n) is 5.52. The summed E-state index contributed by atoms with van der Waals surface area (Å²) in [6, 6.07) is 13.0. The molecule has 0 atom stereocenters. The number of halogens is 2. The molecule has 1 N–H and O–H groups in total. The van der Waals surface area contributed by atoms with E-state index in [4.69, 9.17) is 16.9 Å². The van der Waals surface area contributed by atoms with Gasteiger partial charge in [0.25, 0.3) is 0 Å². The highest BCUT2D eigenvalue weighted by atomic mass is 79.9. The lowest BCUT2D eigenvalue weighted by Gasteiger charge is -2.00. The van der Waals surface area contributed by atoms with Gasteiger partial charge in [-0.05, 0) is 52.3 Å². The summed E-state index contributed by atoms with van der Waals surface area (Å²) in [6.07, 6.45) is 0. The van der Waals surface area contributed by atoms with Crippen LogP contribution in [0.1, 0.15) is 5.56 Å². The summed E-state index contributed by atoms with van der Waals surface area (Å²) in [6.45, 7) is 0. The largest absolute Gasteiger partial charge is 0.338 e. The summed E-state index contributed by atoms with van der Waals surface area (Å²) >= 11 is 9.40. The number of aromatic nitrogens is 2. The highest BCUT2D eigenvalue weighted by molar-refractivity contribution is 9.10. The molecule has 3 rings (SSSR count). The monoisotopic (exact) mass is 331 g/mol. The van der Waals surface area contributed by atoms with E-state index in [2.05, 4.69) is 32.0 Å². The minimum absolute atomic E-state index is 0.609. The zero-order chi connectivity index (χ0) is 13.4. The van der Waals surface area contributed by atoms with E-state index in [1.807, 2.05) is 24.3 Å². The molecule has 92 valence electrons. The molecule has 0 aliphatic carbocycles. The lowest BCUT2D eigenvalue weighted by Crippen LogP contribution is -1.82. The smallest absolute Gasteiger partial charge is 0.139 e. The van der Waals surface area contributed by atoms with Gasteiger partial charge >= 0.3 is 0 Å². The Kier molecular flexibility index (Phi) is 3.02. The summed E-state index contributed by atoms with van der Waals surface area (Å²) in [5.41, 5.74) is 3.21. The third-order valence-electron chi connectivity index (χ3n) is 2.80. The number of hydrogen-bond acceptors (Lipinski definition) is 2. The van der Waals surface area contributed by atoms with Crippen LogP contribution in [0, 0.1) is 11.3 Å². The molecular formula is C14H7BrClN3. The van der Waals surface area contributed by atoms with Crippen molar-refractivity contribution in [3.8, 4) is 17.5 Å². The average Bonchev–Trinajstić information content (AvgIpc) is 2.80. The first-order valence-corrected chi connectivity index (χ1v) is 6.70. The van der Waals surface area contributed by atoms with Crippen molar-refractivity contribution in [2.45, 2.75) is 0 Å². The Morgan fingerprint density at radius 2 is 2.05 bits per heavy atom. The molecule has 5 heteroatoms. The first-order chi connectivity index (χ1) is 9.17. The lowest BCUT2D eigenvalue weighted by atomic mass is 10.2. The van der Waals surface area contributed by atoms with Crippen LogP contribution >= 0.6 is 27.5 Å². The fourth-order valence-corrected chi connectivity index (χ4v) is 2.76. The number of benzene rings is 2. The van der Waals surface area contributed by atoms with Gasteiger partial charge in [-0.15, -0.1) is 0 Å². The van der Waals surface area contributed by atoms with Gasteiger partial charge in [-0.3, -0.25) is 0 Å². The predicted octanol–water partition coefficient (Wildman–Crippen LogP) is 4.52. The number of fused-ring (bicyclic) bond motifs is 1. The zero-order valence-corrected chi connectivity index (χ0v) is 12.0. The second kappa shape index (κ2) is 4.69. The van der Waals surface area contributed by atoms with Gasteiger partial charge in [-0.1, -0.05) is 11.6 Å². The molecule has 0 radical (unpaired) electrons. The number of rotatable bonds is 1. The third-order valence-corrected chi connectivity index (χ3v) is 3.69. The van der Waals surface area contributed by atoms with Crippen molar-refractivity contribution in [3.05, 3.63) is 51.5 Å². The van der Waals surface area contributed by atoms with E-state index in [0.29, 0.717) is 10.6 Å². The third kappa shape index (κ3) is 2.23. The maximum Gasteiger partial charge on any atom is 0.139 e. The molecule has 0 unspecified atom stereocenters. The van der Waals surface area contributed by atoms with Gasteiger partial charge in [0.1, 0.15) is 5.82 Å². The minimum Gasteiger partial charge on any atom is -0.338 e. The van der Waals surface area contributed by atoms with E-state index in [9.17, 15) is 0 Å². The molecule has 0 aliphatic rings.